The Bertz CT molecular complexity index is 822. The lowest BCUT2D eigenvalue weighted by atomic mass is 10.1. The molecule has 0 heterocycles. The lowest BCUT2D eigenvalue weighted by Gasteiger charge is -2.18. The zero-order chi connectivity index (χ0) is 22.6. The van der Waals surface area contributed by atoms with Crippen LogP contribution in [0.5, 0.6) is 0 Å². The van der Waals surface area contributed by atoms with Gasteiger partial charge in [-0.15, -0.1) is 0 Å². The molecule has 2 aromatic rings. The normalized spacial score (nSPS) is 11.5. The summed E-state index contributed by atoms with van der Waals surface area (Å²) < 4.78 is 13.0. The molecule has 2 aromatic carbocycles. The van der Waals surface area contributed by atoms with Crippen molar-refractivity contribution in [1.82, 2.24) is 16.0 Å². The van der Waals surface area contributed by atoms with E-state index >= 15 is 0 Å². The van der Waals surface area contributed by atoms with Gasteiger partial charge in [0.25, 0.3) is 0 Å². The van der Waals surface area contributed by atoms with Gasteiger partial charge in [0.1, 0.15) is 11.9 Å². The summed E-state index contributed by atoms with van der Waals surface area (Å²) in [5, 5.41) is 8.36. The number of benzene rings is 2. The Balaban J connectivity index is 1.73. The van der Waals surface area contributed by atoms with Gasteiger partial charge >= 0.3 is 6.03 Å². The highest BCUT2D eigenvalue weighted by Crippen LogP contribution is 2.13. The number of aryl methyl sites for hydroxylation is 1. The number of carbonyl (C=O) groups is 2. The fourth-order valence-electron chi connectivity index (χ4n) is 3.14. The first kappa shape index (κ1) is 24.2. The molecule has 0 saturated heterocycles. The number of nitrogens with zero attached hydrogens (tertiary/aromatic N) is 1. The zero-order valence-corrected chi connectivity index (χ0v) is 18.6. The van der Waals surface area contributed by atoms with Gasteiger partial charge in [0.15, 0.2) is 0 Å². The summed E-state index contributed by atoms with van der Waals surface area (Å²) in [6.45, 7) is 2.78. The molecule has 3 amide bonds. The molecule has 0 fully saturated rings. The van der Waals surface area contributed by atoms with E-state index in [1.165, 1.54) is 17.7 Å². The molecule has 0 aliphatic heterocycles. The van der Waals surface area contributed by atoms with Crippen molar-refractivity contribution in [3.05, 3.63) is 65.5 Å². The Morgan fingerprint density at radius 2 is 1.61 bits per heavy atom. The summed E-state index contributed by atoms with van der Waals surface area (Å²) in [7, 11) is 4.02. The third kappa shape index (κ3) is 8.66. The topological polar surface area (TPSA) is 73.5 Å². The van der Waals surface area contributed by atoms with Crippen LogP contribution in [0.2, 0.25) is 0 Å². The second kappa shape index (κ2) is 12.6. The first-order chi connectivity index (χ1) is 14.9. The van der Waals surface area contributed by atoms with Crippen LogP contribution in [0, 0.1) is 5.82 Å². The molecule has 0 spiro atoms. The van der Waals surface area contributed by atoms with Crippen LogP contribution in [0.4, 0.5) is 14.9 Å². The number of nitrogens with one attached hydrogen (secondary N) is 3. The van der Waals surface area contributed by atoms with E-state index in [1.807, 2.05) is 21.0 Å². The van der Waals surface area contributed by atoms with E-state index in [0.29, 0.717) is 13.0 Å². The first-order valence-corrected chi connectivity index (χ1v) is 10.7. The average molecular weight is 429 g/mol. The van der Waals surface area contributed by atoms with E-state index < -0.39 is 12.1 Å². The third-order valence-electron chi connectivity index (χ3n) is 4.96. The zero-order valence-electron chi connectivity index (χ0n) is 18.6. The monoisotopic (exact) mass is 428 g/mol. The minimum absolute atomic E-state index is 0.179. The smallest absolute Gasteiger partial charge is 0.315 e. The molecule has 0 saturated carbocycles. The molecule has 2 rings (SSSR count). The summed E-state index contributed by atoms with van der Waals surface area (Å²) >= 11 is 0. The maximum atomic E-state index is 13.0. The fraction of sp³-hybridized carbons (Fsp3) is 0.417. The number of rotatable bonds is 11. The molecule has 0 aromatic heterocycles. The van der Waals surface area contributed by atoms with Gasteiger partial charge in [-0.05, 0) is 54.7 Å². The first-order valence-electron chi connectivity index (χ1n) is 10.7. The summed E-state index contributed by atoms with van der Waals surface area (Å²) in [4.78, 5) is 26.8. The maximum absolute atomic E-state index is 13.0. The molecule has 7 heteroatoms. The van der Waals surface area contributed by atoms with Crippen molar-refractivity contribution in [3.63, 3.8) is 0 Å². The van der Waals surface area contributed by atoms with Crippen molar-refractivity contribution in [1.29, 1.82) is 0 Å². The van der Waals surface area contributed by atoms with Gasteiger partial charge in [0, 0.05) is 32.9 Å². The number of halogens is 1. The van der Waals surface area contributed by atoms with E-state index in [9.17, 15) is 14.0 Å². The molecule has 1 unspecified atom stereocenters. The van der Waals surface area contributed by atoms with Crippen LogP contribution in [-0.4, -0.2) is 38.6 Å². The predicted octanol–water partition coefficient (Wildman–Crippen LogP) is 3.61. The van der Waals surface area contributed by atoms with Crippen LogP contribution < -0.4 is 20.9 Å². The van der Waals surface area contributed by atoms with Gasteiger partial charge in [-0.2, -0.15) is 0 Å². The second-order valence-corrected chi connectivity index (χ2v) is 7.75. The second-order valence-electron chi connectivity index (χ2n) is 7.75. The lowest BCUT2D eigenvalue weighted by molar-refractivity contribution is -0.123. The Labute approximate surface area is 184 Å². The standard InChI is InChI=1S/C24H33FN4O2/c1-4-6-22(28-24(31)27-17-19-8-12-20(25)13-9-19)23(30)26-16-5-7-18-10-14-21(15-11-18)29(2)3/h8-15,22H,4-7,16-17H2,1-3H3,(H,26,30)(H2,27,28,31). The van der Waals surface area contributed by atoms with E-state index in [1.54, 1.807) is 12.1 Å². The number of hydrogen-bond donors (Lipinski definition) is 3. The van der Waals surface area contributed by atoms with Gasteiger partial charge in [-0.25, -0.2) is 9.18 Å². The number of anilines is 1. The van der Waals surface area contributed by atoms with Crippen molar-refractivity contribution in [3.8, 4) is 0 Å². The Kier molecular flexibility index (Phi) is 9.81. The Morgan fingerprint density at radius 1 is 0.968 bits per heavy atom. The van der Waals surface area contributed by atoms with Gasteiger partial charge in [0.2, 0.25) is 5.91 Å². The molecule has 0 aliphatic rings. The van der Waals surface area contributed by atoms with Crippen molar-refractivity contribution < 1.29 is 14.0 Å². The molecular formula is C24H33FN4O2. The molecule has 0 bridgehead atoms. The number of hydrogen-bond acceptors (Lipinski definition) is 3. The fourth-order valence-corrected chi connectivity index (χ4v) is 3.14. The molecule has 31 heavy (non-hydrogen) atoms. The molecule has 1 atom stereocenters. The Hall–Kier alpha value is -3.09. The van der Waals surface area contributed by atoms with E-state index in [4.69, 9.17) is 0 Å². The van der Waals surface area contributed by atoms with Gasteiger partial charge < -0.3 is 20.9 Å². The van der Waals surface area contributed by atoms with Crippen molar-refractivity contribution in [2.24, 2.45) is 0 Å². The van der Waals surface area contributed by atoms with Gasteiger partial charge in [-0.3, -0.25) is 4.79 Å². The average Bonchev–Trinajstić information content (AvgIpc) is 2.76. The number of urea groups is 1. The summed E-state index contributed by atoms with van der Waals surface area (Å²) in [5.74, 6) is -0.500. The van der Waals surface area contributed by atoms with Crippen LogP contribution in [0.3, 0.4) is 0 Å². The molecule has 0 aliphatic carbocycles. The Morgan fingerprint density at radius 3 is 2.23 bits per heavy atom. The molecule has 3 N–H and O–H groups in total. The van der Waals surface area contributed by atoms with E-state index in [0.717, 1.165) is 30.5 Å². The van der Waals surface area contributed by atoms with Gasteiger partial charge in [0.05, 0.1) is 0 Å². The van der Waals surface area contributed by atoms with Crippen molar-refractivity contribution in [2.75, 3.05) is 25.5 Å². The molecule has 6 nitrogen and oxygen atoms in total. The van der Waals surface area contributed by atoms with E-state index in [-0.39, 0.29) is 18.3 Å². The molecular weight excluding hydrogens is 395 g/mol. The summed E-state index contributed by atoms with van der Waals surface area (Å²) in [6, 6.07) is 13.3. The van der Waals surface area contributed by atoms with Gasteiger partial charge in [-0.1, -0.05) is 37.6 Å². The minimum Gasteiger partial charge on any atom is -0.378 e. The van der Waals surface area contributed by atoms with Crippen LogP contribution >= 0.6 is 0 Å². The highest BCUT2D eigenvalue weighted by Gasteiger charge is 2.19. The van der Waals surface area contributed by atoms with Crippen LogP contribution in [-0.2, 0) is 17.8 Å². The number of carbonyl (C=O) groups excluding carboxylic acids is 2. The number of amides is 3. The van der Waals surface area contributed by atoms with Crippen LogP contribution in [0.1, 0.15) is 37.3 Å². The maximum Gasteiger partial charge on any atom is 0.315 e. The lowest BCUT2D eigenvalue weighted by Crippen LogP contribution is -2.50. The van der Waals surface area contributed by atoms with Crippen molar-refractivity contribution in [2.45, 2.75) is 45.2 Å². The molecule has 0 radical (unpaired) electrons. The largest absolute Gasteiger partial charge is 0.378 e. The highest BCUT2D eigenvalue weighted by molar-refractivity contribution is 5.86. The SMILES string of the molecule is CCCC(NC(=O)NCc1ccc(F)cc1)C(=O)NCCCc1ccc(N(C)C)cc1. The summed E-state index contributed by atoms with van der Waals surface area (Å²) in [5.41, 5.74) is 3.16. The molecule has 168 valence electrons. The van der Waals surface area contributed by atoms with Crippen LogP contribution in [0.25, 0.3) is 0 Å². The summed E-state index contributed by atoms with van der Waals surface area (Å²) in [6.07, 6.45) is 3.02. The third-order valence-corrected chi connectivity index (χ3v) is 4.96. The predicted molar refractivity (Wildman–Crippen MR) is 123 cm³/mol. The highest BCUT2D eigenvalue weighted by atomic mass is 19.1. The quantitative estimate of drug-likeness (QED) is 0.479. The van der Waals surface area contributed by atoms with E-state index in [2.05, 4.69) is 45.1 Å². The van der Waals surface area contributed by atoms with Crippen LogP contribution in [0.15, 0.2) is 48.5 Å². The minimum atomic E-state index is -0.586. The van der Waals surface area contributed by atoms with Crippen molar-refractivity contribution >= 4 is 17.6 Å².